The second-order valence-corrected chi connectivity index (χ2v) is 7.69. The monoisotopic (exact) mass is 334 g/mol. The number of hydrogen-bond acceptors (Lipinski definition) is 7. The van der Waals surface area contributed by atoms with Gasteiger partial charge in [0.25, 0.3) is 0 Å². The third kappa shape index (κ3) is 4.92. The van der Waals surface area contributed by atoms with Gasteiger partial charge in [0, 0.05) is 34.0 Å². The molecular weight excluding hydrogens is 311 g/mol. The molecule has 1 aliphatic heterocycles. The van der Waals surface area contributed by atoms with Crippen molar-refractivity contribution in [1.82, 2.24) is 0 Å². The van der Waals surface area contributed by atoms with Crippen molar-refractivity contribution in [3.8, 4) is 0 Å². The molecule has 0 aromatic heterocycles. The molecule has 22 heavy (non-hydrogen) atoms. The molecule has 0 aliphatic carbocycles. The largest absolute Gasteiger partial charge is 0.459 e. The van der Waals surface area contributed by atoms with Gasteiger partial charge in [-0.05, 0) is 6.16 Å². The zero-order valence-corrected chi connectivity index (χ0v) is 14.4. The Hall–Kier alpha value is -1.20. The molecule has 0 aromatic rings. The molecule has 1 aliphatic rings. The molecule has 1 fully saturated rings. The molecule has 0 radical (unpaired) electrons. The van der Waals surface area contributed by atoms with E-state index in [-0.39, 0.29) is 0 Å². The van der Waals surface area contributed by atoms with Crippen LogP contribution in [0.15, 0.2) is 0 Å². The van der Waals surface area contributed by atoms with Crippen LogP contribution in [0.4, 0.5) is 0 Å². The molecule has 8 heteroatoms. The second kappa shape index (κ2) is 8.44. The van der Waals surface area contributed by atoms with Crippen molar-refractivity contribution in [3.63, 3.8) is 0 Å². The first-order chi connectivity index (χ1) is 10.3. The number of carbonyl (C=O) groups excluding carboxylic acids is 3. The molecule has 1 saturated heterocycles. The molecule has 0 saturated carbocycles. The lowest BCUT2D eigenvalue weighted by atomic mass is 10.1. The molecule has 0 N–H and O–H groups in total. The molecule has 0 amide bonds. The van der Waals surface area contributed by atoms with Gasteiger partial charge < -0.3 is 18.9 Å². The summed E-state index contributed by atoms with van der Waals surface area (Å²) in [6.07, 6.45) is -0.679. The third-order valence-corrected chi connectivity index (χ3v) is 6.09. The van der Waals surface area contributed by atoms with Gasteiger partial charge in [-0.15, -0.1) is 0 Å². The van der Waals surface area contributed by atoms with Crippen LogP contribution in [-0.4, -0.2) is 61.5 Å². The molecule has 0 spiro atoms. The fourth-order valence-electron chi connectivity index (χ4n) is 2.56. The zero-order valence-electron chi connectivity index (χ0n) is 13.5. The lowest BCUT2D eigenvalue weighted by Crippen LogP contribution is -2.55. The van der Waals surface area contributed by atoms with Crippen LogP contribution in [0.1, 0.15) is 27.7 Å². The van der Waals surface area contributed by atoms with Crippen molar-refractivity contribution in [2.24, 2.45) is 0 Å². The van der Waals surface area contributed by atoms with Crippen molar-refractivity contribution in [3.05, 3.63) is 0 Å². The quantitative estimate of drug-likeness (QED) is 0.425. The van der Waals surface area contributed by atoms with Crippen LogP contribution in [0, 0.1) is 0 Å². The molecular formula is C14H23O7P. The summed E-state index contributed by atoms with van der Waals surface area (Å²) in [4.78, 5) is 34.1. The summed E-state index contributed by atoms with van der Waals surface area (Å²) >= 11 is 0. The number of ether oxygens (including phenoxy) is 4. The van der Waals surface area contributed by atoms with E-state index in [0.717, 1.165) is 6.16 Å². The molecule has 1 heterocycles. The Morgan fingerprint density at radius 1 is 0.955 bits per heavy atom. The zero-order chi connectivity index (χ0) is 16.9. The van der Waals surface area contributed by atoms with Gasteiger partial charge in [0.1, 0.15) is 12.2 Å². The lowest BCUT2D eigenvalue weighted by molar-refractivity contribution is -0.184. The fourth-order valence-corrected chi connectivity index (χ4v) is 5.08. The van der Waals surface area contributed by atoms with Crippen LogP contribution < -0.4 is 0 Å². The highest BCUT2D eigenvalue weighted by molar-refractivity contribution is 7.58. The topological polar surface area (TPSA) is 88.1 Å². The third-order valence-electron chi connectivity index (χ3n) is 3.33. The van der Waals surface area contributed by atoms with E-state index in [2.05, 4.69) is 0 Å². The summed E-state index contributed by atoms with van der Waals surface area (Å²) < 4.78 is 21.4. The average Bonchev–Trinajstić information content (AvgIpc) is 2.39. The molecule has 126 valence electrons. The fraction of sp³-hybridized carbons (Fsp3) is 0.786. The van der Waals surface area contributed by atoms with Gasteiger partial charge in [-0.25, -0.2) is 0 Å². The molecule has 7 nitrogen and oxygen atoms in total. The number of methoxy groups -OCH3 is 1. The highest BCUT2D eigenvalue weighted by atomic mass is 31.1. The van der Waals surface area contributed by atoms with E-state index < -0.39 is 50.0 Å². The summed E-state index contributed by atoms with van der Waals surface area (Å²) in [5, 5.41) is 0. The lowest BCUT2D eigenvalue weighted by Gasteiger charge is -2.44. The average molecular weight is 334 g/mol. The first kappa shape index (κ1) is 18.8. The minimum Gasteiger partial charge on any atom is -0.459 e. The van der Waals surface area contributed by atoms with Crippen LogP contribution >= 0.6 is 7.92 Å². The maximum atomic E-state index is 11.4. The van der Waals surface area contributed by atoms with Crippen LogP contribution in [-0.2, 0) is 33.3 Å². The van der Waals surface area contributed by atoms with Crippen LogP contribution in [0.3, 0.4) is 0 Å². The van der Waals surface area contributed by atoms with Gasteiger partial charge in [-0.2, -0.15) is 0 Å². The van der Waals surface area contributed by atoms with Gasteiger partial charge in [0.15, 0.2) is 11.9 Å². The Morgan fingerprint density at radius 2 is 1.50 bits per heavy atom. The van der Waals surface area contributed by atoms with E-state index in [4.69, 9.17) is 18.9 Å². The molecule has 1 rings (SSSR count). The van der Waals surface area contributed by atoms with Crippen molar-refractivity contribution >= 4 is 25.8 Å². The van der Waals surface area contributed by atoms with Gasteiger partial charge in [-0.3, -0.25) is 14.4 Å². The van der Waals surface area contributed by atoms with Crippen molar-refractivity contribution in [1.29, 1.82) is 0 Å². The summed E-state index contributed by atoms with van der Waals surface area (Å²) in [7, 11) is 0.631. The minimum atomic E-state index is -0.815. The van der Waals surface area contributed by atoms with E-state index in [1.165, 1.54) is 27.9 Å². The highest BCUT2D eigenvalue weighted by Gasteiger charge is 2.49. The van der Waals surface area contributed by atoms with Gasteiger partial charge in [-0.1, -0.05) is 14.8 Å². The summed E-state index contributed by atoms with van der Waals surface area (Å²) in [6, 6.07) is 0. The number of carbonyl (C=O) groups is 3. The Bertz CT molecular complexity index is 425. The van der Waals surface area contributed by atoms with Crippen LogP contribution in [0.5, 0.6) is 0 Å². The second-order valence-electron chi connectivity index (χ2n) is 5.01. The minimum absolute atomic E-state index is 0.425. The Morgan fingerprint density at radius 3 is 1.91 bits per heavy atom. The Kier molecular flexibility index (Phi) is 7.23. The number of esters is 3. The Labute approximate surface area is 131 Å². The van der Waals surface area contributed by atoms with E-state index in [1.54, 1.807) is 0 Å². The molecule has 0 unspecified atom stereocenters. The van der Waals surface area contributed by atoms with Crippen molar-refractivity contribution in [2.45, 2.75) is 51.9 Å². The maximum Gasteiger partial charge on any atom is 0.303 e. The first-order valence-electron chi connectivity index (χ1n) is 7.08. The van der Waals surface area contributed by atoms with Gasteiger partial charge >= 0.3 is 17.9 Å². The van der Waals surface area contributed by atoms with E-state index >= 15 is 0 Å². The molecule has 0 bridgehead atoms. The molecule has 0 aromatic carbocycles. The predicted octanol–water partition coefficient (Wildman–Crippen LogP) is 1.27. The van der Waals surface area contributed by atoms with Crippen LogP contribution in [0.2, 0.25) is 0 Å². The first-order valence-corrected chi connectivity index (χ1v) is 8.86. The highest BCUT2D eigenvalue weighted by Crippen LogP contribution is 2.50. The van der Waals surface area contributed by atoms with E-state index in [0.29, 0.717) is 6.16 Å². The number of rotatable bonds is 5. The summed E-state index contributed by atoms with van der Waals surface area (Å²) in [6.45, 7) is 5.88. The smallest absolute Gasteiger partial charge is 0.303 e. The summed E-state index contributed by atoms with van der Waals surface area (Å²) in [5.41, 5.74) is 0. The van der Waals surface area contributed by atoms with Crippen LogP contribution in [0.25, 0.3) is 0 Å². The normalized spacial score (nSPS) is 31.2. The standard InChI is InChI=1S/C14H23O7P/c1-6-22-7-11(19-8(2)15)12(18-5)13(20-9(3)16)14(22)21-10(4)17/h11-14H,6-7H2,1-5H3/t11-,12+,13-,14+,22-/m1/s1. The van der Waals surface area contributed by atoms with Crippen molar-refractivity contribution in [2.75, 3.05) is 19.4 Å². The van der Waals surface area contributed by atoms with Crippen molar-refractivity contribution < 1.29 is 33.3 Å². The number of hydrogen-bond donors (Lipinski definition) is 0. The van der Waals surface area contributed by atoms with Gasteiger partial charge in [0.2, 0.25) is 0 Å². The summed E-state index contributed by atoms with van der Waals surface area (Å²) in [5.74, 6) is -1.92. The van der Waals surface area contributed by atoms with E-state index in [1.807, 2.05) is 6.92 Å². The van der Waals surface area contributed by atoms with E-state index in [9.17, 15) is 14.4 Å². The van der Waals surface area contributed by atoms with Gasteiger partial charge in [0.05, 0.1) is 0 Å². The maximum absolute atomic E-state index is 11.4. The Balaban J connectivity index is 3.10. The predicted molar refractivity (Wildman–Crippen MR) is 79.8 cm³/mol. The molecule has 5 atom stereocenters. The SMILES string of the molecule is CC[P@]1C[C@@H](OC(C)=O)[C@H](OC)[C@@H](OC(C)=O)[C@H]1OC(C)=O.